The summed E-state index contributed by atoms with van der Waals surface area (Å²) in [7, 11) is -3.41. The van der Waals surface area contributed by atoms with Crippen LogP contribution in [0.15, 0.2) is 24.3 Å². The van der Waals surface area contributed by atoms with Crippen LogP contribution in [0.5, 0.6) is 5.75 Å². The van der Waals surface area contributed by atoms with Crippen LogP contribution in [0, 0.1) is 5.92 Å². The first-order chi connectivity index (χ1) is 10.7. The Bertz CT molecular complexity index is 688. The van der Waals surface area contributed by atoms with Crippen LogP contribution in [-0.4, -0.2) is 54.7 Å². The number of benzene rings is 1. The van der Waals surface area contributed by atoms with Gasteiger partial charge in [-0.2, -0.15) is 0 Å². The summed E-state index contributed by atoms with van der Waals surface area (Å²) in [6, 6.07) is 6.11. The summed E-state index contributed by atoms with van der Waals surface area (Å²) < 4.78 is 23.0. The molecule has 1 aliphatic rings. The second-order valence-corrected chi connectivity index (χ2v) is 8.35. The van der Waals surface area contributed by atoms with Gasteiger partial charge in [-0.05, 0) is 44.0 Å². The number of aromatic hydroxyl groups is 1. The summed E-state index contributed by atoms with van der Waals surface area (Å²) in [5, 5.41) is 8.21. The number of hydrogen-bond donors (Lipinski definition) is 1. The van der Waals surface area contributed by atoms with Crippen molar-refractivity contribution in [2.45, 2.75) is 25.0 Å². The van der Waals surface area contributed by atoms with Crippen LogP contribution in [-0.2, 0) is 14.6 Å². The lowest BCUT2D eigenvalue weighted by molar-refractivity contribution is -0.131. The average molecular weight is 339 g/mol. The molecule has 1 unspecified atom stereocenters. The summed E-state index contributed by atoms with van der Waals surface area (Å²) in [5.41, 5.74) is 0.539. The molecule has 1 aromatic carbocycles. The summed E-state index contributed by atoms with van der Waals surface area (Å²) in [5.74, 6) is -0.481. The number of phenols is 1. The fraction of sp³-hybridized carbons (Fsp3) is 0.500. The summed E-state index contributed by atoms with van der Waals surface area (Å²) in [6.45, 7) is 2.16. The topological polar surface area (TPSA) is 91.8 Å². The number of sulfone groups is 1. The van der Waals surface area contributed by atoms with Gasteiger partial charge < -0.3 is 10.0 Å². The number of carbonyl (C=O) groups excluding carboxylic acids is 2. The summed E-state index contributed by atoms with van der Waals surface area (Å²) in [6.07, 6.45) is 2.08. The van der Waals surface area contributed by atoms with E-state index in [9.17, 15) is 23.1 Å². The van der Waals surface area contributed by atoms with Crippen molar-refractivity contribution in [2.24, 2.45) is 5.92 Å². The number of nitrogens with zero attached hydrogens (tertiary/aromatic N) is 1. The molecule has 1 fully saturated rings. The lowest BCUT2D eigenvalue weighted by Crippen LogP contribution is -2.46. The molecular formula is C16H21NO5S. The molecule has 23 heavy (non-hydrogen) atoms. The summed E-state index contributed by atoms with van der Waals surface area (Å²) in [4.78, 5) is 26.1. The highest BCUT2D eigenvalue weighted by atomic mass is 32.2. The smallest absolute Gasteiger partial charge is 0.240 e. The Balaban J connectivity index is 1.97. The predicted molar refractivity (Wildman–Crippen MR) is 86.0 cm³/mol. The first-order valence-corrected chi connectivity index (χ1v) is 9.46. The van der Waals surface area contributed by atoms with Gasteiger partial charge in [-0.25, -0.2) is 8.42 Å². The minimum Gasteiger partial charge on any atom is -0.508 e. The molecule has 1 aliphatic heterocycles. The molecule has 126 valence electrons. The van der Waals surface area contributed by atoms with Crippen molar-refractivity contribution in [3.05, 3.63) is 29.8 Å². The fourth-order valence-corrected chi connectivity index (χ4v) is 3.18. The monoisotopic (exact) mass is 339 g/mol. The third-order valence-corrected chi connectivity index (χ3v) is 5.81. The molecule has 1 saturated heterocycles. The SMILES string of the molecule is CC(C(=O)N1CCC(C(=O)c2ccc(O)cc2)CC1)S(C)(=O)=O. The van der Waals surface area contributed by atoms with E-state index in [1.54, 1.807) is 12.1 Å². The van der Waals surface area contributed by atoms with Crippen LogP contribution in [0.3, 0.4) is 0 Å². The molecule has 0 radical (unpaired) electrons. The number of carbonyl (C=O) groups is 2. The molecule has 6 nitrogen and oxygen atoms in total. The molecule has 2 rings (SSSR count). The van der Waals surface area contributed by atoms with Crippen molar-refractivity contribution in [3.63, 3.8) is 0 Å². The maximum atomic E-state index is 12.4. The molecule has 1 aromatic rings. The molecule has 0 spiro atoms. The highest BCUT2D eigenvalue weighted by molar-refractivity contribution is 7.92. The van der Waals surface area contributed by atoms with E-state index < -0.39 is 21.0 Å². The van der Waals surface area contributed by atoms with E-state index in [4.69, 9.17) is 0 Å². The van der Waals surface area contributed by atoms with Gasteiger partial charge in [0.1, 0.15) is 11.0 Å². The van der Waals surface area contributed by atoms with Crippen molar-refractivity contribution in [1.29, 1.82) is 0 Å². The molecule has 0 aromatic heterocycles. The Morgan fingerprint density at radius 1 is 1.17 bits per heavy atom. The van der Waals surface area contributed by atoms with E-state index in [1.807, 2.05) is 0 Å². The van der Waals surface area contributed by atoms with E-state index >= 15 is 0 Å². The number of likely N-dealkylation sites (tertiary alicyclic amines) is 1. The maximum absolute atomic E-state index is 12.4. The van der Waals surface area contributed by atoms with Crippen LogP contribution >= 0.6 is 0 Å². The second-order valence-electron chi connectivity index (χ2n) is 5.98. The first-order valence-electron chi connectivity index (χ1n) is 7.51. The summed E-state index contributed by atoms with van der Waals surface area (Å²) >= 11 is 0. The van der Waals surface area contributed by atoms with Crippen molar-refractivity contribution in [1.82, 2.24) is 4.90 Å². The standard InChI is InChI=1S/C16H21NO5S/c1-11(23(2,21)22)16(20)17-9-7-13(8-10-17)15(19)12-3-5-14(18)6-4-12/h3-6,11,13,18H,7-10H2,1-2H3. The minimum absolute atomic E-state index is 0.00624. The van der Waals surface area contributed by atoms with Gasteiger partial charge in [0.2, 0.25) is 5.91 Å². The quantitative estimate of drug-likeness (QED) is 0.834. The second kappa shape index (κ2) is 6.70. The Labute approximate surface area is 136 Å². The molecular weight excluding hydrogens is 318 g/mol. The molecule has 0 saturated carbocycles. The third-order valence-electron chi connectivity index (χ3n) is 4.32. The van der Waals surface area contributed by atoms with Gasteiger partial charge in [0.05, 0.1) is 0 Å². The number of rotatable bonds is 4. The zero-order chi connectivity index (χ0) is 17.2. The predicted octanol–water partition coefficient (Wildman–Crippen LogP) is 1.25. The van der Waals surface area contributed by atoms with Gasteiger partial charge in [-0.1, -0.05) is 0 Å². The molecule has 1 heterocycles. The number of Topliss-reactive ketones (excluding diaryl/α,β-unsaturated/α-hetero) is 1. The fourth-order valence-electron chi connectivity index (χ4n) is 2.66. The van der Waals surface area contributed by atoms with Crippen LogP contribution in [0.25, 0.3) is 0 Å². The van der Waals surface area contributed by atoms with E-state index in [0.29, 0.717) is 31.5 Å². The van der Waals surface area contributed by atoms with Crippen LogP contribution in [0.2, 0.25) is 0 Å². The highest BCUT2D eigenvalue weighted by Gasteiger charge is 2.32. The van der Waals surface area contributed by atoms with Crippen LogP contribution in [0.1, 0.15) is 30.1 Å². The molecule has 7 heteroatoms. The molecule has 0 bridgehead atoms. The van der Waals surface area contributed by atoms with Crippen molar-refractivity contribution in [3.8, 4) is 5.75 Å². The Hall–Kier alpha value is -1.89. The highest BCUT2D eigenvalue weighted by Crippen LogP contribution is 2.23. The Morgan fingerprint density at radius 3 is 2.17 bits per heavy atom. The maximum Gasteiger partial charge on any atom is 0.240 e. The van der Waals surface area contributed by atoms with Gasteiger partial charge in [0, 0.05) is 30.8 Å². The van der Waals surface area contributed by atoms with E-state index in [0.717, 1.165) is 6.26 Å². The number of piperidine rings is 1. The van der Waals surface area contributed by atoms with E-state index in [-0.39, 0.29) is 17.5 Å². The zero-order valence-electron chi connectivity index (χ0n) is 13.2. The normalized spacial score (nSPS) is 17.7. The zero-order valence-corrected chi connectivity index (χ0v) is 14.0. The van der Waals surface area contributed by atoms with Gasteiger partial charge >= 0.3 is 0 Å². The Kier molecular flexibility index (Phi) is 5.09. The average Bonchev–Trinajstić information content (AvgIpc) is 2.53. The number of phenolic OH excluding ortho intramolecular Hbond substituents is 1. The third kappa shape index (κ3) is 4.10. The number of hydrogen-bond acceptors (Lipinski definition) is 5. The van der Waals surface area contributed by atoms with Gasteiger partial charge in [-0.15, -0.1) is 0 Å². The van der Waals surface area contributed by atoms with E-state index in [1.165, 1.54) is 24.0 Å². The van der Waals surface area contributed by atoms with Crippen molar-refractivity contribution in [2.75, 3.05) is 19.3 Å². The molecule has 0 aliphatic carbocycles. The van der Waals surface area contributed by atoms with Gasteiger partial charge in [-0.3, -0.25) is 9.59 Å². The van der Waals surface area contributed by atoms with Gasteiger partial charge in [0.15, 0.2) is 15.6 Å². The van der Waals surface area contributed by atoms with E-state index in [2.05, 4.69) is 0 Å². The van der Waals surface area contributed by atoms with Crippen LogP contribution in [0.4, 0.5) is 0 Å². The largest absolute Gasteiger partial charge is 0.508 e. The molecule has 1 amide bonds. The van der Waals surface area contributed by atoms with Gasteiger partial charge in [0.25, 0.3) is 0 Å². The first kappa shape index (κ1) is 17.5. The number of amides is 1. The Morgan fingerprint density at radius 2 is 1.70 bits per heavy atom. The van der Waals surface area contributed by atoms with Crippen LogP contribution < -0.4 is 0 Å². The minimum atomic E-state index is -3.41. The number of ketones is 1. The van der Waals surface area contributed by atoms with Crippen molar-refractivity contribution >= 4 is 21.5 Å². The lowest BCUT2D eigenvalue weighted by Gasteiger charge is -2.32. The van der Waals surface area contributed by atoms with Crippen molar-refractivity contribution < 1.29 is 23.1 Å². The molecule has 1 atom stereocenters. The lowest BCUT2D eigenvalue weighted by atomic mass is 9.89. The molecule has 1 N–H and O–H groups in total.